The number of hydrogen-bond donors (Lipinski definition) is 1. The Kier molecular flexibility index (Phi) is 6.99. The molecular weight excluding hydrogens is 406 g/mol. The highest BCUT2D eigenvalue weighted by Gasteiger charge is 2.19. The molecule has 0 saturated carbocycles. The van der Waals surface area contributed by atoms with Crippen LogP contribution in [0, 0.1) is 5.92 Å². The van der Waals surface area contributed by atoms with Crippen molar-refractivity contribution < 1.29 is 4.79 Å². The summed E-state index contributed by atoms with van der Waals surface area (Å²) in [6.45, 7) is 5.48. The standard InChI is InChI=1S/C21H27N3OS3/c1-15-4-2-9-24(12-15)13-18-14-28-21(22-18)23-19(25)16-5-7-17(8-6-16)20-26-10-3-11-27-20/h5-8,14-15,20H,2-4,9-13H2,1H3,(H,22,23,25). The molecule has 1 aromatic carbocycles. The predicted molar refractivity (Wildman–Crippen MR) is 122 cm³/mol. The number of piperidine rings is 1. The molecule has 2 aliphatic rings. The molecule has 1 amide bonds. The van der Waals surface area contributed by atoms with Gasteiger partial charge in [-0.3, -0.25) is 15.0 Å². The van der Waals surface area contributed by atoms with Gasteiger partial charge in [0.05, 0.1) is 10.3 Å². The zero-order chi connectivity index (χ0) is 19.3. The van der Waals surface area contributed by atoms with Crippen molar-refractivity contribution in [2.45, 2.75) is 37.3 Å². The number of nitrogens with one attached hydrogen (secondary N) is 1. The van der Waals surface area contributed by atoms with Crippen LogP contribution >= 0.6 is 34.9 Å². The number of rotatable bonds is 5. The summed E-state index contributed by atoms with van der Waals surface area (Å²) in [6, 6.07) is 8.06. The normalized spacial score (nSPS) is 21.5. The molecule has 2 aromatic rings. The zero-order valence-electron chi connectivity index (χ0n) is 16.2. The van der Waals surface area contributed by atoms with Crippen LogP contribution in [0.3, 0.4) is 0 Å². The maximum Gasteiger partial charge on any atom is 0.257 e. The number of likely N-dealkylation sites (tertiary alicyclic amines) is 1. The van der Waals surface area contributed by atoms with Gasteiger partial charge in [0, 0.05) is 24.0 Å². The fraction of sp³-hybridized carbons (Fsp3) is 0.524. The summed E-state index contributed by atoms with van der Waals surface area (Å²) in [4.78, 5) is 19.7. The van der Waals surface area contributed by atoms with E-state index in [2.05, 4.69) is 39.6 Å². The number of thioether (sulfide) groups is 2. The Labute approximate surface area is 179 Å². The van der Waals surface area contributed by atoms with E-state index in [-0.39, 0.29) is 5.91 Å². The number of nitrogens with zero attached hydrogens (tertiary/aromatic N) is 2. The van der Waals surface area contributed by atoms with Gasteiger partial charge in [-0.2, -0.15) is 0 Å². The van der Waals surface area contributed by atoms with Crippen LogP contribution in [-0.4, -0.2) is 40.4 Å². The molecule has 1 unspecified atom stereocenters. The minimum Gasteiger partial charge on any atom is -0.298 e. The van der Waals surface area contributed by atoms with Crippen LogP contribution in [0.25, 0.3) is 0 Å². The lowest BCUT2D eigenvalue weighted by molar-refractivity contribution is 0.102. The SMILES string of the molecule is CC1CCCN(Cc2csc(NC(=O)c3ccc(C4SCCCS4)cc3)n2)C1. The maximum absolute atomic E-state index is 12.6. The third kappa shape index (κ3) is 5.32. The van der Waals surface area contributed by atoms with Gasteiger partial charge >= 0.3 is 0 Å². The van der Waals surface area contributed by atoms with Gasteiger partial charge in [-0.15, -0.1) is 34.9 Å². The van der Waals surface area contributed by atoms with Crippen LogP contribution in [0.2, 0.25) is 0 Å². The lowest BCUT2D eigenvalue weighted by Crippen LogP contribution is -2.33. The van der Waals surface area contributed by atoms with Gasteiger partial charge in [0.15, 0.2) is 5.13 Å². The van der Waals surface area contributed by atoms with Crippen molar-refractivity contribution in [2.75, 3.05) is 29.9 Å². The van der Waals surface area contributed by atoms with Crippen LogP contribution < -0.4 is 5.32 Å². The number of benzene rings is 1. The highest BCUT2D eigenvalue weighted by atomic mass is 32.2. The summed E-state index contributed by atoms with van der Waals surface area (Å²) in [5, 5.41) is 5.72. The topological polar surface area (TPSA) is 45.2 Å². The number of amides is 1. The summed E-state index contributed by atoms with van der Waals surface area (Å²) >= 11 is 5.51. The average Bonchev–Trinajstić information content (AvgIpc) is 3.15. The summed E-state index contributed by atoms with van der Waals surface area (Å²) in [5.74, 6) is 3.13. The molecular formula is C21H27N3OS3. The lowest BCUT2D eigenvalue weighted by atomic mass is 10.0. The van der Waals surface area contributed by atoms with E-state index in [1.807, 2.05) is 35.7 Å². The van der Waals surface area contributed by atoms with Gasteiger partial charge < -0.3 is 0 Å². The number of anilines is 1. The number of thiazole rings is 1. The molecule has 2 aliphatic heterocycles. The van der Waals surface area contributed by atoms with E-state index in [9.17, 15) is 4.79 Å². The van der Waals surface area contributed by atoms with E-state index in [4.69, 9.17) is 0 Å². The van der Waals surface area contributed by atoms with Crippen LogP contribution in [0.4, 0.5) is 5.13 Å². The number of aromatic nitrogens is 1. The smallest absolute Gasteiger partial charge is 0.257 e. The van der Waals surface area contributed by atoms with E-state index in [0.717, 1.165) is 31.2 Å². The van der Waals surface area contributed by atoms with Gasteiger partial charge in [0.2, 0.25) is 0 Å². The van der Waals surface area contributed by atoms with Crippen LogP contribution in [0.1, 0.15) is 52.4 Å². The first kappa shape index (κ1) is 20.3. The lowest BCUT2D eigenvalue weighted by Gasteiger charge is -2.30. The number of hydrogen-bond acceptors (Lipinski definition) is 6. The Hall–Kier alpha value is -1.02. The second-order valence-corrected chi connectivity index (χ2v) is 11.2. The average molecular weight is 434 g/mol. The van der Waals surface area contributed by atoms with Gasteiger partial charge in [-0.25, -0.2) is 4.98 Å². The van der Waals surface area contributed by atoms with Crippen LogP contribution in [-0.2, 0) is 6.54 Å². The molecule has 2 saturated heterocycles. The van der Waals surface area contributed by atoms with E-state index in [1.165, 1.54) is 47.7 Å². The monoisotopic (exact) mass is 433 g/mol. The Morgan fingerprint density at radius 2 is 2.00 bits per heavy atom. The largest absolute Gasteiger partial charge is 0.298 e. The van der Waals surface area contributed by atoms with Crippen molar-refractivity contribution in [3.05, 3.63) is 46.5 Å². The molecule has 0 bridgehead atoms. The van der Waals surface area contributed by atoms with Crippen molar-refractivity contribution in [2.24, 2.45) is 5.92 Å². The highest BCUT2D eigenvalue weighted by molar-refractivity contribution is 8.16. The predicted octanol–water partition coefficient (Wildman–Crippen LogP) is 5.50. The summed E-state index contributed by atoms with van der Waals surface area (Å²) in [5.41, 5.74) is 3.05. The first-order valence-electron chi connectivity index (χ1n) is 9.98. The molecule has 0 spiro atoms. The Balaban J connectivity index is 1.32. The number of carbonyl (C=O) groups excluding carboxylic acids is 1. The molecule has 0 aliphatic carbocycles. The summed E-state index contributed by atoms with van der Waals surface area (Å²) in [7, 11) is 0. The fourth-order valence-corrected chi connectivity index (χ4v) is 7.33. The highest BCUT2D eigenvalue weighted by Crippen LogP contribution is 2.43. The van der Waals surface area contributed by atoms with Crippen molar-refractivity contribution in [3.63, 3.8) is 0 Å². The second kappa shape index (κ2) is 9.65. The molecule has 4 rings (SSSR count). The second-order valence-electron chi connectivity index (χ2n) is 7.63. The van der Waals surface area contributed by atoms with Crippen molar-refractivity contribution in [1.29, 1.82) is 0 Å². The third-order valence-corrected chi connectivity index (χ3v) is 8.99. The molecule has 1 atom stereocenters. The Bertz CT molecular complexity index is 786. The van der Waals surface area contributed by atoms with Crippen LogP contribution in [0.15, 0.2) is 29.6 Å². The first-order chi connectivity index (χ1) is 13.7. The molecule has 150 valence electrons. The molecule has 4 nitrogen and oxygen atoms in total. The quantitative estimate of drug-likeness (QED) is 0.675. The van der Waals surface area contributed by atoms with Gasteiger partial charge in [-0.1, -0.05) is 19.1 Å². The third-order valence-electron chi connectivity index (χ3n) is 5.17. The van der Waals surface area contributed by atoms with E-state index >= 15 is 0 Å². The molecule has 1 aromatic heterocycles. The van der Waals surface area contributed by atoms with E-state index in [0.29, 0.717) is 15.3 Å². The summed E-state index contributed by atoms with van der Waals surface area (Å²) < 4.78 is 0.505. The minimum atomic E-state index is -0.0806. The zero-order valence-corrected chi connectivity index (χ0v) is 18.7. The molecule has 7 heteroatoms. The minimum absolute atomic E-state index is 0.0806. The first-order valence-corrected chi connectivity index (χ1v) is 13.0. The van der Waals surface area contributed by atoms with E-state index < -0.39 is 0 Å². The molecule has 3 heterocycles. The fourth-order valence-electron chi connectivity index (χ4n) is 3.74. The molecule has 28 heavy (non-hydrogen) atoms. The molecule has 2 fully saturated rings. The Morgan fingerprint density at radius 1 is 1.21 bits per heavy atom. The van der Waals surface area contributed by atoms with Crippen LogP contribution in [0.5, 0.6) is 0 Å². The molecule has 0 radical (unpaired) electrons. The van der Waals surface area contributed by atoms with E-state index in [1.54, 1.807) is 0 Å². The maximum atomic E-state index is 12.6. The summed E-state index contributed by atoms with van der Waals surface area (Å²) in [6.07, 6.45) is 3.88. The molecule has 1 N–H and O–H groups in total. The van der Waals surface area contributed by atoms with Gasteiger partial charge in [0.25, 0.3) is 5.91 Å². The van der Waals surface area contributed by atoms with Crippen molar-refractivity contribution in [3.8, 4) is 0 Å². The van der Waals surface area contributed by atoms with Gasteiger partial charge in [0.1, 0.15) is 0 Å². The van der Waals surface area contributed by atoms with Gasteiger partial charge in [-0.05, 0) is 60.9 Å². The Morgan fingerprint density at radius 3 is 2.75 bits per heavy atom. The van der Waals surface area contributed by atoms with Crippen molar-refractivity contribution in [1.82, 2.24) is 9.88 Å². The number of carbonyl (C=O) groups is 1. The van der Waals surface area contributed by atoms with Crippen molar-refractivity contribution >= 4 is 45.9 Å².